The molecule has 1 N–H and O–H groups in total. The number of halogens is 5. The summed E-state index contributed by atoms with van der Waals surface area (Å²) in [6, 6.07) is 12.1. The van der Waals surface area contributed by atoms with Crippen molar-refractivity contribution in [3.05, 3.63) is 75.5 Å². The number of para-hydroxylation sites is 2. The van der Waals surface area contributed by atoms with Crippen LogP contribution in [0.4, 0.5) is 18.9 Å². The third kappa shape index (κ3) is 3.71. The summed E-state index contributed by atoms with van der Waals surface area (Å²) in [4.78, 5) is 24.5. The highest BCUT2D eigenvalue weighted by Crippen LogP contribution is 2.37. The van der Waals surface area contributed by atoms with Gasteiger partial charge in [0.1, 0.15) is 11.3 Å². The number of carbonyl (C=O) groups excluding carboxylic acids is 1. The minimum Gasteiger partial charge on any atom is -0.478 e. The van der Waals surface area contributed by atoms with Crippen LogP contribution in [0.3, 0.4) is 0 Å². The van der Waals surface area contributed by atoms with Gasteiger partial charge in [-0.3, -0.25) is 4.79 Å². The summed E-state index contributed by atoms with van der Waals surface area (Å²) in [5.41, 5.74) is -3.30. The number of hydrogen-bond acceptors (Lipinski definition) is 4. The molecule has 2 heterocycles. The number of benzene rings is 2. The van der Waals surface area contributed by atoms with E-state index in [9.17, 15) is 27.9 Å². The van der Waals surface area contributed by atoms with E-state index in [0.29, 0.717) is 0 Å². The molecule has 32 heavy (non-hydrogen) atoms. The van der Waals surface area contributed by atoms with E-state index in [1.807, 2.05) is 0 Å². The molecule has 0 spiro atoms. The fraction of sp³-hybridized carbons (Fsp3) is 0.100. The second-order valence-electron chi connectivity index (χ2n) is 6.62. The molecule has 3 aromatic rings. The van der Waals surface area contributed by atoms with Gasteiger partial charge in [-0.2, -0.15) is 28.4 Å². The fourth-order valence-corrected chi connectivity index (χ4v) is 3.69. The molecule has 0 aliphatic carbocycles. The Hall–Kier alpha value is -3.37. The second-order valence-corrected chi connectivity index (χ2v) is 7.43. The maximum atomic E-state index is 13.7. The van der Waals surface area contributed by atoms with Gasteiger partial charge in [0.2, 0.25) is 0 Å². The smallest absolute Gasteiger partial charge is 0.436 e. The molecule has 4 rings (SSSR count). The Labute approximate surface area is 188 Å². The van der Waals surface area contributed by atoms with Crippen molar-refractivity contribution in [1.82, 2.24) is 9.78 Å². The number of aromatic carboxylic acids is 1. The van der Waals surface area contributed by atoms with E-state index in [1.165, 1.54) is 30.3 Å². The molecule has 0 saturated heterocycles. The van der Waals surface area contributed by atoms with Crippen molar-refractivity contribution in [3.63, 3.8) is 0 Å². The molecule has 1 aromatic heterocycles. The van der Waals surface area contributed by atoms with Crippen LogP contribution in [0.5, 0.6) is 0 Å². The van der Waals surface area contributed by atoms with Crippen LogP contribution in [0.1, 0.15) is 28.2 Å². The third-order valence-electron chi connectivity index (χ3n) is 4.58. The van der Waals surface area contributed by atoms with Crippen LogP contribution in [0.25, 0.3) is 5.69 Å². The highest BCUT2D eigenvalue weighted by molar-refractivity contribution is 6.34. The van der Waals surface area contributed by atoms with Crippen LogP contribution in [0, 0.1) is 0 Å². The van der Waals surface area contributed by atoms with Crippen molar-refractivity contribution in [2.45, 2.75) is 12.6 Å². The first-order valence-corrected chi connectivity index (χ1v) is 9.69. The molecular weight excluding hydrogens is 472 g/mol. The number of carboxylic acid groups (broad SMARTS) is 1. The van der Waals surface area contributed by atoms with Gasteiger partial charge in [-0.1, -0.05) is 47.5 Å². The molecule has 0 fully saturated rings. The Kier molecular flexibility index (Phi) is 5.43. The van der Waals surface area contributed by atoms with Gasteiger partial charge in [-0.15, -0.1) is 0 Å². The first-order valence-electron chi connectivity index (χ1n) is 8.93. The van der Waals surface area contributed by atoms with Gasteiger partial charge < -0.3 is 5.11 Å². The van der Waals surface area contributed by atoms with Crippen LogP contribution < -0.4 is 5.01 Å². The van der Waals surface area contributed by atoms with Crippen LogP contribution in [0.2, 0.25) is 10.0 Å². The van der Waals surface area contributed by atoms with E-state index in [1.54, 1.807) is 18.2 Å². The van der Waals surface area contributed by atoms with Gasteiger partial charge in [0.15, 0.2) is 5.69 Å². The van der Waals surface area contributed by atoms with Gasteiger partial charge in [0, 0.05) is 0 Å². The lowest BCUT2D eigenvalue weighted by molar-refractivity contribution is -0.141. The minimum absolute atomic E-state index is 0.00601. The predicted octanol–water partition coefficient (Wildman–Crippen LogP) is 5.04. The van der Waals surface area contributed by atoms with E-state index in [4.69, 9.17) is 23.2 Å². The van der Waals surface area contributed by atoms with Crippen molar-refractivity contribution < 1.29 is 27.9 Å². The summed E-state index contributed by atoms with van der Waals surface area (Å²) >= 11 is 12.3. The van der Waals surface area contributed by atoms with Crippen molar-refractivity contribution in [2.24, 2.45) is 5.10 Å². The van der Waals surface area contributed by atoms with Crippen LogP contribution in [-0.2, 0) is 11.0 Å². The quantitative estimate of drug-likeness (QED) is 0.564. The average molecular weight is 483 g/mol. The van der Waals surface area contributed by atoms with E-state index in [2.05, 4.69) is 10.2 Å². The largest absolute Gasteiger partial charge is 0.478 e. The number of nitrogens with zero attached hydrogens (tertiary/aromatic N) is 4. The van der Waals surface area contributed by atoms with Crippen LogP contribution >= 0.6 is 23.2 Å². The molecule has 1 aliphatic rings. The lowest BCUT2D eigenvalue weighted by Gasteiger charge is -2.12. The van der Waals surface area contributed by atoms with Gasteiger partial charge in [0.25, 0.3) is 5.91 Å². The maximum Gasteiger partial charge on any atom is 0.436 e. The molecule has 1 aliphatic heterocycles. The van der Waals surface area contributed by atoms with Crippen molar-refractivity contribution in [1.29, 1.82) is 0 Å². The van der Waals surface area contributed by atoms with Crippen LogP contribution in [-0.4, -0.2) is 32.5 Å². The summed E-state index contributed by atoms with van der Waals surface area (Å²) in [5.74, 6) is -2.48. The molecule has 0 bridgehead atoms. The Balaban J connectivity index is 1.99. The molecule has 7 nitrogen and oxygen atoms in total. The number of carboxylic acids is 1. The first-order chi connectivity index (χ1) is 15.1. The van der Waals surface area contributed by atoms with Crippen molar-refractivity contribution >= 4 is 46.5 Å². The lowest BCUT2D eigenvalue weighted by Crippen LogP contribution is -2.19. The molecule has 0 radical (unpaired) electrons. The molecular formula is C20H11Cl2F3N4O3. The number of alkyl halides is 3. The third-order valence-corrected chi connectivity index (χ3v) is 5.22. The molecule has 0 saturated carbocycles. The number of hydrazone groups is 1. The second kappa shape index (κ2) is 7.95. The Bertz CT molecular complexity index is 1290. The van der Waals surface area contributed by atoms with E-state index >= 15 is 0 Å². The number of hydrogen-bond donors (Lipinski definition) is 1. The van der Waals surface area contributed by atoms with Gasteiger partial charge in [-0.05, 0) is 24.3 Å². The normalized spacial score (nSPS) is 14.1. The Morgan fingerprint density at radius 3 is 2.09 bits per heavy atom. The van der Waals surface area contributed by atoms with Crippen LogP contribution in [0.15, 0.2) is 53.6 Å². The monoisotopic (exact) mass is 482 g/mol. The SMILES string of the molecule is O=C(O)c1c(C(F)(F)F)nn(-c2ccccc2Cl)c1C1=NN(c2ccccc2Cl)C(=O)C1. The summed E-state index contributed by atoms with van der Waals surface area (Å²) < 4.78 is 41.8. The predicted molar refractivity (Wildman–Crippen MR) is 111 cm³/mol. The number of amides is 1. The summed E-state index contributed by atoms with van der Waals surface area (Å²) in [6.07, 6.45) is -5.56. The zero-order valence-corrected chi connectivity index (χ0v) is 17.3. The molecule has 164 valence electrons. The molecule has 0 atom stereocenters. The lowest BCUT2D eigenvalue weighted by atomic mass is 10.1. The summed E-state index contributed by atoms with van der Waals surface area (Å²) in [5, 5.41) is 18.4. The Morgan fingerprint density at radius 2 is 1.56 bits per heavy atom. The number of aromatic nitrogens is 2. The van der Waals surface area contributed by atoms with Gasteiger partial charge in [0.05, 0.1) is 33.6 Å². The van der Waals surface area contributed by atoms with E-state index in [-0.39, 0.29) is 27.1 Å². The standard InChI is InChI=1S/C20H11Cl2F3N4O3/c21-10-5-1-3-7-13(10)28-15(30)9-12(26-28)17-16(19(31)32)18(20(23,24)25)27-29(17)14-8-4-2-6-11(14)22/h1-8H,9H2,(H,31,32). The minimum atomic E-state index is -5.08. The zero-order chi connectivity index (χ0) is 23.2. The average Bonchev–Trinajstić information content (AvgIpc) is 3.29. The molecule has 2 aromatic carbocycles. The number of carbonyl (C=O) groups is 2. The van der Waals surface area contributed by atoms with E-state index < -0.39 is 41.4 Å². The van der Waals surface area contributed by atoms with E-state index in [0.717, 1.165) is 9.69 Å². The zero-order valence-electron chi connectivity index (χ0n) is 15.8. The topological polar surface area (TPSA) is 87.8 Å². The summed E-state index contributed by atoms with van der Waals surface area (Å²) in [6.45, 7) is 0. The van der Waals surface area contributed by atoms with Gasteiger partial charge >= 0.3 is 12.1 Å². The molecule has 0 unspecified atom stereocenters. The summed E-state index contributed by atoms with van der Waals surface area (Å²) in [7, 11) is 0. The van der Waals surface area contributed by atoms with Crippen molar-refractivity contribution in [2.75, 3.05) is 5.01 Å². The highest BCUT2D eigenvalue weighted by atomic mass is 35.5. The highest BCUT2D eigenvalue weighted by Gasteiger charge is 2.44. The number of rotatable bonds is 4. The van der Waals surface area contributed by atoms with Gasteiger partial charge in [-0.25, -0.2) is 9.48 Å². The number of anilines is 1. The molecule has 1 amide bonds. The maximum absolute atomic E-state index is 13.7. The molecule has 12 heteroatoms. The fourth-order valence-electron chi connectivity index (χ4n) is 3.26. The Morgan fingerprint density at radius 1 is 1.00 bits per heavy atom. The first kappa shape index (κ1) is 21.8. The van der Waals surface area contributed by atoms with Crippen molar-refractivity contribution in [3.8, 4) is 5.69 Å².